The molecule has 0 aliphatic rings. The normalized spacial score (nSPS) is 11.6. The number of aromatic nitrogens is 2. The summed E-state index contributed by atoms with van der Waals surface area (Å²) < 4.78 is 1.92. The molecule has 104 valence electrons. The van der Waals surface area contributed by atoms with Crippen LogP contribution in [0.4, 0.5) is 5.82 Å². The molecule has 0 saturated carbocycles. The Hall–Kier alpha value is -1.07. The molecule has 1 heterocycles. The second-order valence-corrected chi connectivity index (χ2v) is 5.00. The average Bonchev–Trinajstić information content (AvgIpc) is 2.72. The van der Waals surface area contributed by atoms with Gasteiger partial charge in [0.1, 0.15) is 5.82 Å². The molecular weight excluding hydrogens is 226 g/mol. The molecule has 2 N–H and O–H groups in total. The Morgan fingerprint density at radius 1 is 1.22 bits per heavy atom. The van der Waals surface area contributed by atoms with E-state index in [2.05, 4.69) is 35.9 Å². The van der Waals surface area contributed by atoms with Gasteiger partial charge in [-0.05, 0) is 46.1 Å². The van der Waals surface area contributed by atoms with Gasteiger partial charge in [0.15, 0.2) is 0 Å². The molecule has 0 unspecified atom stereocenters. The number of nitrogens with zero attached hydrogens (tertiary/aromatic N) is 4. The van der Waals surface area contributed by atoms with E-state index < -0.39 is 0 Å². The monoisotopic (exact) mass is 253 g/mol. The third kappa shape index (κ3) is 6.02. The molecule has 5 nitrogen and oxygen atoms in total. The van der Waals surface area contributed by atoms with Crippen molar-refractivity contribution in [2.24, 2.45) is 0 Å². The number of hydrogen-bond acceptors (Lipinski definition) is 4. The van der Waals surface area contributed by atoms with Crippen LogP contribution in [0.15, 0.2) is 12.3 Å². The molecular formula is C13H27N5. The Morgan fingerprint density at radius 3 is 2.56 bits per heavy atom. The maximum Gasteiger partial charge on any atom is 0.145 e. The van der Waals surface area contributed by atoms with Crippen molar-refractivity contribution in [3.8, 4) is 0 Å². The lowest BCUT2D eigenvalue weighted by Gasteiger charge is -2.23. The minimum Gasteiger partial charge on any atom is -0.382 e. The molecule has 0 fully saturated rings. The van der Waals surface area contributed by atoms with E-state index in [1.54, 1.807) is 0 Å². The second-order valence-electron chi connectivity index (χ2n) is 5.00. The summed E-state index contributed by atoms with van der Waals surface area (Å²) in [7, 11) is 4.24. The van der Waals surface area contributed by atoms with Gasteiger partial charge in [-0.1, -0.05) is 6.92 Å². The first kappa shape index (κ1) is 15.0. The zero-order valence-corrected chi connectivity index (χ0v) is 12.0. The largest absolute Gasteiger partial charge is 0.382 e. The summed E-state index contributed by atoms with van der Waals surface area (Å²) >= 11 is 0. The van der Waals surface area contributed by atoms with Crippen molar-refractivity contribution in [1.82, 2.24) is 19.6 Å². The highest BCUT2D eigenvalue weighted by atomic mass is 15.3. The van der Waals surface area contributed by atoms with Crippen LogP contribution in [0, 0.1) is 0 Å². The summed E-state index contributed by atoms with van der Waals surface area (Å²) in [6.07, 6.45) is 4.27. The van der Waals surface area contributed by atoms with Crippen molar-refractivity contribution >= 4 is 5.82 Å². The molecule has 0 radical (unpaired) electrons. The summed E-state index contributed by atoms with van der Waals surface area (Å²) in [4.78, 5) is 4.75. The van der Waals surface area contributed by atoms with E-state index in [-0.39, 0.29) is 0 Å². The first-order valence-corrected chi connectivity index (χ1v) is 6.78. The lowest BCUT2D eigenvalue weighted by Crippen LogP contribution is -2.33. The highest BCUT2D eigenvalue weighted by Gasteiger charge is 2.04. The number of hydrogen-bond donors (Lipinski definition) is 1. The van der Waals surface area contributed by atoms with Gasteiger partial charge in [0.2, 0.25) is 0 Å². The molecule has 1 aromatic rings. The molecule has 0 bridgehead atoms. The molecule has 0 atom stereocenters. The fraction of sp³-hybridized carbons (Fsp3) is 0.769. The molecule has 5 heteroatoms. The van der Waals surface area contributed by atoms with E-state index in [9.17, 15) is 0 Å². The van der Waals surface area contributed by atoms with Crippen molar-refractivity contribution < 1.29 is 0 Å². The van der Waals surface area contributed by atoms with Gasteiger partial charge in [-0.25, -0.2) is 0 Å². The van der Waals surface area contributed by atoms with Crippen molar-refractivity contribution in [2.75, 3.05) is 46.0 Å². The van der Waals surface area contributed by atoms with E-state index >= 15 is 0 Å². The van der Waals surface area contributed by atoms with Gasteiger partial charge in [-0.3, -0.25) is 4.68 Å². The second kappa shape index (κ2) is 8.11. The molecule has 18 heavy (non-hydrogen) atoms. The molecule has 0 amide bonds. The van der Waals surface area contributed by atoms with Gasteiger partial charge >= 0.3 is 0 Å². The van der Waals surface area contributed by atoms with Crippen molar-refractivity contribution in [1.29, 1.82) is 0 Å². The predicted octanol–water partition coefficient (Wildman–Crippen LogP) is 1.13. The Morgan fingerprint density at radius 2 is 2.00 bits per heavy atom. The van der Waals surface area contributed by atoms with Crippen LogP contribution < -0.4 is 5.73 Å². The Balaban J connectivity index is 2.24. The third-order valence-electron chi connectivity index (χ3n) is 2.93. The number of nitrogens with two attached hydrogens (primary N) is 1. The standard InChI is InChI=1S/C13H27N5/c1-4-7-17(12-11-16(2)3)8-5-9-18-10-6-13(14)15-18/h6,10H,4-5,7-9,11-12H2,1-3H3,(H2,14,15). The minimum atomic E-state index is 0.605. The van der Waals surface area contributed by atoms with Crippen LogP contribution in [-0.4, -0.2) is 59.9 Å². The molecule has 1 aromatic heterocycles. The van der Waals surface area contributed by atoms with Gasteiger partial charge in [0.05, 0.1) is 0 Å². The van der Waals surface area contributed by atoms with Crippen LogP contribution >= 0.6 is 0 Å². The summed E-state index contributed by atoms with van der Waals surface area (Å²) in [6.45, 7) is 7.74. The summed E-state index contributed by atoms with van der Waals surface area (Å²) in [5.41, 5.74) is 5.59. The third-order valence-corrected chi connectivity index (χ3v) is 2.93. The maximum atomic E-state index is 5.59. The van der Waals surface area contributed by atoms with E-state index in [1.165, 1.54) is 13.0 Å². The van der Waals surface area contributed by atoms with Gasteiger partial charge in [-0.15, -0.1) is 0 Å². The first-order valence-electron chi connectivity index (χ1n) is 6.78. The minimum absolute atomic E-state index is 0.605. The molecule has 0 aliphatic carbocycles. The fourth-order valence-corrected chi connectivity index (χ4v) is 1.95. The van der Waals surface area contributed by atoms with Crippen LogP contribution in [0.25, 0.3) is 0 Å². The molecule has 1 rings (SSSR count). The number of likely N-dealkylation sites (N-methyl/N-ethyl adjacent to an activating group) is 1. The summed E-state index contributed by atoms with van der Waals surface area (Å²) in [5, 5.41) is 4.20. The van der Waals surface area contributed by atoms with Gasteiger partial charge in [0, 0.05) is 25.8 Å². The quantitative estimate of drug-likeness (QED) is 0.717. The van der Waals surface area contributed by atoms with E-state index in [0.29, 0.717) is 5.82 Å². The van der Waals surface area contributed by atoms with Crippen LogP contribution in [0.2, 0.25) is 0 Å². The fourth-order valence-electron chi connectivity index (χ4n) is 1.95. The van der Waals surface area contributed by atoms with Crippen molar-refractivity contribution in [3.63, 3.8) is 0 Å². The lowest BCUT2D eigenvalue weighted by molar-refractivity contribution is 0.234. The topological polar surface area (TPSA) is 50.3 Å². The molecule has 0 aliphatic heterocycles. The van der Waals surface area contributed by atoms with Gasteiger partial charge in [-0.2, -0.15) is 5.10 Å². The van der Waals surface area contributed by atoms with E-state index in [4.69, 9.17) is 5.73 Å². The number of anilines is 1. The van der Waals surface area contributed by atoms with Gasteiger partial charge < -0.3 is 15.5 Å². The Bertz CT molecular complexity index is 321. The van der Waals surface area contributed by atoms with Crippen molar-refractivity contribution in [2.45, 2.75) is 26.3 Å². The number of aryl methyl sites for hydroxylation is 1. The number of rotatable bonds is 9. The Labute approximate surface area is 111 Å². The zero-order valence-electron chi connectivity index (χ0n) is 12.0. The van der Waals surface area contributed by atoms with Crippen LogP contribution in [-0.2, 0) is 6.54 Å². The smallest absolute Gasteiger partial charge is 0.145 e. The van der Waals surface area contributed by atoms with Crippen LogP contribution in [0.3, 0.4) is 0 Å². The Kier molecular flexibility index (Phi) is 6.75. The summed E-state index contributed by atoms with van der Waals surface area (Å²) in [5.74, 6) is 0.605. The maximum absolute atomic E-state index is 5.59. The zero-order chi connectivity index (χ0) is 13.4. The van der Waals surface area contributed by atoms with Gasteiger partial charge in [0.25, 0.3) is 0 Å². The predicted molar refractivity (Wildman–Crippen MR) is 76.5 cm³/mol. The highest BCUT2D eigenvalue weighted by molar-refractivity contribution is 5.23. The highest BCUT2D eigenvalue weighted by Crippen LogP contribution is 2.00. The number of nitrogen functional groups attached to an aromatic ring is 1. The van der Waals surface area contributed by atoms with E-state index in [0.717, 1.165) is 32.6 Å². The average molecular weight is 253 g/mol. The van der Waals surface area contributed by atoms with Crippen molar-refractivity contribution in [3.05, 3.63) is 12.3 Å². The summed E-state index contributed by atoms with van der Waals surface area (Å²) in [6, 6.07) is 1.84. The van der Waals surface area contributed by atoms with Crippen LogP contribution in [0.1, 0.15) is 19.8 Å². The van der Waals surface area contributed by atoms with Crippen LogP contribution in [0.5, 0.6) is 0 Å². The molecule has 0 spiro atoms. The van der Waals surface area contributed by atoms with E-state index in [1.807, 2.05) is 16.9 Å². The SMILES string of the molecule is CCCN(CCCn1ccc(N)n1)CCN(C)C. The lowest BCUT2D eigenvalue weighted by atomic mass is 10.3. The molecule has 0 aromatic carbocycles. The first-order chi connectivity index (χ1) is 8.61. The molecule has 0 saturated heterocycles.